The van der Waals surface area contributed by atoms with Gasteiger partial charge in [-0.15, -0.1) is 0 Å². The number of benzene rings is 1. The van der Waals surface area contributed by atoms with E-state index in [-0.39, 0.29) is 5.56 Å². The van der Waals surface area contributed by atoms with Gasteiger partial charge in [-0.05, 0) is 24.3 Å². The molecule has 0 bridgehead atoms. The summed E-state index contributed by atoms with van der Waals surface area (Å²) in [5, 5.41) is 2.54. The Kier molecular flexibility index (Phi) is 6.20. The van der Waals surface area contributed by atoms with Crippen LogP contribution >= 0.6 is 46.4 Å². The van der Waals surface area contributed by atoms with Crippen molar-refractivity contribution in [1.82, 2.24) is 5.32 Å². The van der Waals surface area contributed by atoms with Crippen LogP contribution in [-0.4, -0.2) is 29.2 Å². The van der Waals surface area contributed by atoms with Gasteiger partial charge >= 0.3 is 12.1 Å². The van der Waals surface area contributed by atoms with Crippen LogP contribution in [-0.2, 0) is 9.47 Å². The SMILES string of the molecule is COC(=O)N[C@@H](OC(=O)c1ccc(Cl)cc1)C(Cl)(Cl)Cl. The van der Waals surface area contributed by atoms with Gasteiger partial charge in [-0.2, -0.15) is 0 Å². The molecule has 0 heterocycles. The number of alkyl halides is 3. The van der Waals surface area contributed by atoms with Crippen LogP contribution < -0.4 is 5.32 Å². The molecular formula is C11H9Cl4NO4. The molecule has 0 aliphatic heterocycles. The molecule has 5 nitrogen and oxygen atoms in total. The van der Waals surface area contributed by atoms with Gasteiger partial charge in [-0.3, -0.25) is 5.32 Å². The Hall–Kier alpha value is -0.880. The lowest BCUT2D eigenvalue weighted by Gasteiger charge is -2.24. The zero-order chi connectivity index (χ0) is 15.3. The van der Waals surface area contributed by atoms with E-state index in [0.29, 0.717) is 5.02 Å². The highest BCUT2D eigenvalue weighted by molar-refractivity contribution is 6.68. The van der Waals surface area contributed by atoms with E-state index in [9.17, 15) is 9.59 Å². The normalized spacial score (nSPS) is 12.4. The Morgan fingerprint density at radius 1 is 1.20 bits per heavy atom. The van der Waals surface area contributed by atoms with Crippen LogP contribution in [0.15, 0.2) is 24.3 Å². The van der Waals surface area contributed by atoms with E-state index in [0.717, 1.165) is 7.11 Å². The molecule has 1 aromatic carbocycles. The van der Waals surface area contributed by atoms with Gasteiger partial charge in [0.2, 0.25) is 10.0 Å². The van der Waals surface area contributed by atoms with Crippen LogP contribution in [0.3, 0.4) is 0 Å². The summed E-state index contributed by atoms with van der Waals surface area (Å²) in [7, 11) is 1.12. The van der Waals surface area contributed by atoms with Crippen LogP contribution in [0.1, 0.15) is 10.4 Å². The standard InChI is InChI=1S/C11H9Cl4NO4/c1-19-10(18)16-9(11(13,14)15)20-8(17)6-2-4-7(12)5-3-6/h2-5,9H,1H3,(H,16,18)/t9-/m0/s1. The van der Waals surface area contributed by atoms with Gasteiger partial charge in [0, 0.05) is 5.02 Å². The minimum absolute atomic E-state index is 0.181. The second kappa shape index (κ2) is 7.22. The van der Waals surface area contributed by atoms with Crippen molar-refractivity contribution in [1.29, 1.82) is 0 Å². The molecule has 1 atom stereocenters. The van der Waals surface area contributed by atoms with Crippen molar-refractivity contribution in [3.63, 3.8) is 0 Å². The number of halogens is 4. The second-order valence-corrected chi connectivity index (χ2v) is 6.28. The summed E-state index contributed by atoms with van der Waals surface area (Å²) in [4.78, 5) is 23.0. The van der Waals surface area contributed by atoms with Crippen LogP contribution in [0.4, 0.5) is 4.79 Å². The molecule has 1 N–H and O–H groups in total. The van der Waals surface area contributed by atoms with Gasteiger partial charge in [-0.25, -0.2) is 9.59 Å². The van der Waals surface area contributed by atoms with Gasteiger partial charge in [0.05, 0.1) is 12.7 Å². The lowest BCUT2D eigenvalue weighted by atomic mass is 10.2. The molecule has 0 saturated carbocycles. The Bertz CT molecular complexity index is 486. The van der Waals surface area contributed by atoms with E-state index in [1.54, 1.807) is 0 Å². The number of alkyl carbamates (subject to hydrolysis) is 1. The molecule has 1 rings (SSSR count). The quantitative estimate of drug-likeness (QED) is 0.508. The number of esters is 1. The minimum atomic E-state index is -2.06. The number of rotatable bonds is 3. The fraction of sp³-hybridized carbons (Fsp3) is 0.273. The number of hydrogen-bond acceptors (Lipinski definition) is 4. The summed E-state index contributed by atoms with van der Waals surface area (Å²) >= 11 is 22.6. The summed E-state index contributed by atoms with van der Waals surface area (Å²) in [6, 6.07) is 5.85. The van der Waals surface area contributed by atoms with Crippen LogP contribution in [0, 0.1) is 0 Å². The predicted molar refractivity (Wildman–Crippen MR) is 76.5 cm³/mol. The molecule has 0 aliphatic rings. The third-order valence-corrected chi connectivity index (χ3v) is 2.88. The number of carbonyl (C=O) groups excluding carboxylic acids is 2. The number of amides is 1. The average molecular weight is 361 g/mol. The first-order valence-electron chi connectivity index (χ1n) is 5.12. The van der Waals surface area contributed by atoms with Gasteiger partial charge in [0.25, 0.3) is 0 Å². The number of ether oxygens (including phenoxy) is 2. The minimum Gasteiger partial charge on any atom is -0.453 e. The maximum absolute atomic E-state index is 11.8. The van der Waals surface area contributed by atoms with Gasteiger partial charge < -0.3 is 9.47 Å². The average Bonchev–Trinajstić information content (AvgIpc) is 2.37. The zero-order valence-electron chi connectivity index (χ0n) is 10.0. The number of methoxy groups -OCH3 is 1. The highest BCUT2D eigenvalue weighted by atomic mass is 35.6. The molecular weight excluding hydrogens is 352 g/mol. The van der Waals surface area contributed by atoms with Crippen molar-refractivity contribution < 1.29 is 19.1 Å². The number of hydrogen-bond donors (Lipinski definition) is 1. The highest BCUT2D eigenvalue weighted by Gasteiger charge is 2.38. The fourth-order valence-corrected chi connectivity index (χ4v) is 1.53. The van der Waals surface area contributed by atoms with Crippen molar-refractivity contribution in [2.45, 2.75) is 10.0 Å². The summed E-state index contributed by atoms with van der Waals surface area (Å²) < 4.78 is 7.21. The fourth-order valence-electron chi connectivity index (χ4n) is 1.11. The third kappa shape index (κ3) is 5.25. The van der Waals surface area contributed by atoms with Crippen molar-refractivity contribution in [2.75, 3.05) is 7.11 Å². The lowest BCUT2D eigenvalue weighted by Crippen LogP contribution is -2.46. The Morgan fingerprint density at radius 3 is 2.20 bits per heavy atom. The lowest BCUT2D eigenvalue weighted by molar-refractivity contribution is 0.0227. The van der Waals surface area contributed by atoms with Crippen LogP contribution in [0.5, 0.6) is 0 Å². The van der Waals surface area contributed by atoms with Gasteiger partial charge in [0.1, 0.15) is 0 Å². The van der Waals surface area contributed by atoms with Crippen molar-refractivity contribution >= 4 is 58.5 Å². The monoisotopic (exact) mass is 359 g/mol. The topological polar surface area (TPSA) is 64.6 Å². The van der Waals surface area contributed by atoms with Crippen molar-refractivity contribution in [3.8, 4) is 0 Å². The molecule has 0 spiro atoms. The summed E-state index contributed by atoms with van der Waals surface area (Å²) in [6.45, 7) is 0. The largest absolute Gasteiger partial charge is 0.453 e. The highest BCUT2D eigenvalue weighted by Crippen LogP contribution is 2.31. The van der Waals surface area contributed by atoms with E-state index in [2.05, 4.69) is 10.1 Å². The molecule has 110 valence electrons. The maximum Gasteiger partial charge on any atom is 0.409 e. The molecule has 0 saturated heterocycles. The van der Waals surface area contributed by atoms with Gasteiger partial charge in [-0.1, -0.05) is 46.4 Å². The van der Waals surface area contributed by atoms with E-state index in [1.807, 2.05) is 0 Å². The number of nitrogens with one attached hydrogen (secondary N) is 1. The summed E-state index contributed by atoms with van der Waals surface area (Å²) in [6.07, 6.45) is -2.42. The van der Waals surface area contributed by atoms with E-state index < -0.39 is 22.1 Å². The smallest absolute Gasteiger partial charge is 0.409 e. The van der Waals surface area contributed by atoms with E-state index in [4.69, 9.17) is 51.1 Å². The molecule has 0 aliphatic carbocycles. The molecule has 0 fully saturated rings. The number of carbonyl (C=O) groups is 2. The first-order chi connectivity index (χ1) is 9.24. The summed E-state index contributed by atoms with van der Waals surface area (Å²) in [5.41, 5.74) is 0.181. The second-order valence-electron chi connectivity index (χ2n) is 3.47. The molecule has 1 aromatic rings. The van der Waals surface area contributed by atoms with Crippen molar-refractivity contribution in [2.24, 2.45) is 0 Å². The molecule has 0 aromatic heterocycles. The Morgan fingerprint density at radius 2 is 1.75 bits per heavy atom. The van der Waals surface area contributed by atoms with E-state index >= 15 is 0 Å². The van der Waals surface area contributed by atoms with Crippen LogP contribution in [0.2, 0.25) is 5.02 Å². The zero-order valence-corrected chi connectivity index (χ0v) is 13.1. The van der Waals surface area contributed by atoms with E-state index in [1.165, 1.54) is 24.3 Å². The molecule has 0 radical (unpaired) electrons. The van der Waals surface area contributed by atoms with Crippen LogP contribution in [0.25, 0.3) is 0 Å². The molecule has 9 heteroatoms. The molecule has 0 unspecified atom stereocenters. The van der Waals surface area contributed by atoms with Crippen molar-refractivity contribution in [3.05, 3.63) is 34.9 Å². The molecule has 20 heavy (non-hydrogen) atoms. The summed E-state index contributed by atoms with van der Waals surface area (Å²) in [5.74, 6) is -0.797. The molecule has 1 amide bonds. The predicted octanol–water partition coefficient (Wildman–Crippen LogP) is 3.55. The first kappa shape index (κ1) is 17.2. The first-order valence-corrected chi connectivity index (χ1v) is 6.63. The Balaban J connectivity index is 2.81. The Labute approximate surface area is 135 Å². The maximum atomic E-state index is 11.8. The third-order valence-electron chi connectivity index (χ3n) is 2.04. The van der Waals surface area contributed by atoms with Gasteiger partial charge in [0.15, 0.2) is 0 Å².